The summed E-state index contributed by atoms with van der Waals surface area (Å²) in [4.78, 5) is 25.7. The number of hydrogen-bond acceptors (Lipinski definition) is 5. The first-order valence-electron chi connectivity index (χ1n) is 7.28. The van der Waals surface area contributed by atoms with E-state index in [0.29, 0.717) is 31.9 Å². The number of benzene rings is 1. The monoisotopic (exact) mass is 316 g/mol. The Morgan fingerprint density at radius 3 is 2.52 bits per heavy atom. The molecule has 0 aliphatic carbocycles. The average Bonchev–Trinajstić information content (AvgIpc) is 2.61. The minimum absolute atomic E-state index is 0.0203. The normalized spacial score (nSPS) is 14.0. The maximum atomic E-state index is 12.1. The minimum Gasteiger partial charge on any atom is -0.378 e. The fourth-order valence-corrected chi connectivity index (χ4v) is 2.19. The van der Waals surface area contributed by atoms with Gasteiger partial charge < -0.3 is 15.0 Å². The van der Waals surface area contributed by atoms with Gasteiger partial charge in [-0.2, -0.15) is 5.10 Å². The van der Waals surface area contributed by atoms with Crippen LogP contribution in [-0.4, -0.2) is 56.3 Å². The van der Waals surface area contributed by atoms with E-state index in [2.05, 4.69) is 23.7 Å². The van der Waals surface area contributed by atoms with Crippen LogP contribution in [0.5, 0.6) is 0 Å². The molecule has 2 rings (SSSR count). The fourth-order valence-electron chi connectivity index (χ4n) is 2.19. The molecule has 1 aliphatic rings. The number of anilines is 1. The number of nitrogens with zero attached hydrogens (tertiary/aromatic N) is 3. The molecule has 0 bridgehead atoms. The first-order valence-corrected chi connectivity index (χ1v) is 7.28. The molecule has 1 aliphatic heterocycles. The molecule has 1 fully saturated rings. The number of carbonyl (C=O) groups excluding carboxylic acids is 2. The lowest BCUT2D eigenvalue weighted by Crippen LogP contribution is -2.45. The maximum Gasteiger partial charge on any atom is 0.251 e. The van der Waals surface area contributed by atoms with Crippen LogP contribution in [0.25, 0.3) is 0 Å². The molecule has 1 N–H and O–H groups in total. The molecule has 122 valence electrons. The Kier molecular flexibility index (Phi) is 5.87. The molecule has 0 radical (unpaired) electrons. The van der Waals surface area contributed by atoms with E-state index in [1.807, 2.05) is 0 Å². The van der Waals surface area contributed by atoms with Gasteiger partial charge in [-0.1, -0.05) is 6.58 Å². The number of morpholine rings is 1. The third-order valence-electron chi connectivity index (χ3n) is 3.48. The van der Waals surface area contributed by atoms with Crippen molar-refractivity contribution in [1.82, 2.24) is 10.2 Å². The number of ether oxygens (including phenoxy) is 1. The quantitative estimate of drug-likeness (QED) is 0.623. The maximum absolute atomic E-state index is 12.1. The molecular weight excluding hydrogens is 296 g/mol. The summed E-state index contributed by atoms with van der Waals surface area (Å²) in [5.74, 6) is -0.401. The van der Waals surface area contributed by atoms with E-state index in [4.69, 9.17) is 4.74 Å². The van der Waals surface area contributed by atoms with E-state index in [0.717, 1.165) is 5.69 Å². The van der Waals surface area contributed by atoms with Gasteiger partial charge in [-0.25, -0.2) is 5.01 Å². The summed E-state index contributed by atoms with van der Waals surface area (Å²) in [6, 6.07) is 6.78. The number of nitrogens with one attached hydrogen (secondary N) is 1. The highest BCUT2D eigenvalue weighted by Crippen LogP contribution is 2.15. The van der Waals surface area contributed by atoms with Gasteiger partial charge in [-0.15, -0.1) is 0 Å². The zero-order valence-electron chi connectivity index (χ0n) is 12.9. The second kappa shape index (κ2) is 8.09. The lowest BCUT2D eigenvalue weighted by molar-refractivity contribution is -0.134. The molecule has 23 heavy (non-hydrogen) atoms. The molecule has 1 aromatic rings. The zero-order valence-corrected chi connectivity index (χ0v) is 12.9. The number of amides is 2. The Morgan fingerprint density at radius 2 is 1.96 bits per heavy atom. The van der Waals surface area contributed by atoms with Crippen molar-refractivity contribution in [3.63, 3.8) is 0 Å². The summed E-state index contributed by atoms with van der Waals surface area (Å²) < 4.78 is 5.19. The molecular formula is C16H20N4O3. The Bertz CT molecular complexity index is 571. The summed E-state index contributed by atoms with van der Waals surface area (Å²) in [6.07, 6.45) is 1.52. The van der Waals surface area contributed by atoms with Crippen molar-refractivity contribution < 1.29 is 14.3 Å². The van der Waals surface area contributed by atoms with Crippen LogP contribution in [0.15, 0.2) is 42.1 Å². The van der Waals surface area contributed by atoms with Crippen LogP contribution in [-0.2, 0) is 9.53 Å². The standard InChI is InChI=1S/C16H20N4O3/c1-3-20(17-2)14-6-4-13(5-7-14)16(22)18-12-15(21)19-8-10-23-11-9-19/h3-7H,1-2,8-12H2,(H,18,22). The zero-order chi connectivity index (χ0) is 16.7. The molecule has 2 amide bonds. The Balaban J connectivity index is 1.89. The fraction of sp³-hybridized carbons (Fsp3) is 0.312. The van der Waals surface area contributed by atoms with Gasteiger partial charge in [0.05, 0.1) is 25.4 Å². The van der Waals surface area contributed by atoms with Crippen molar-refractivity contribution in [2.24, 2.45) is 5.10 Å². The van der Waals surface area contributed by atoms with Crippen LogP contribution in [0.2, 0.25) is 0 Å². The molecule has 0 spiro atoms. The summed E-state index contributed by atoms with van der Waals surface area (Å²) in [5.41, 5.74) is 1.22. The number of carbonyl (C=O) groups is 2. The Morgan fingerprint density at radius 1 is 1.30 bits per heavy atom. The molecule has 0 unspecified atom stereocenters. The molecule has 0 saturated carbocycles. The van der Waals surface area contributed by atoms with E-state index in [1.165, 1.54) is 11.2 Å². The molecule has 0 atom stereocenters. The lowest BCUT2D eigenvalue weighted by Gasteiger charge is -2.26. The summed E-state index contributed by atoms with van der Waals surface area (Å²) in [6.45, 7) is 9.24. The molecule has 0 aromatic heterocycles. The first-order chi connectivity index (χ1) is 11.2. The van der Waals surface area contributed by atoms with Crippen LogP contribution in [0.1, 0.15) is 10.4 Å². The molecule has 7 nitrogen and oxygen atoms in total. The first kappa shape index (κ1) is 16.7. The SMILES string of the molecule is C=CN(N=C)c1ccc(C(=O)NCC(=O)N2CCOCC2)cc1. The van der Waals surface area contributed by atoms with Gasteiger partial charge in [0, 0.05) is 31.6 Å². The summed E-state index contributed by atoms with van der Waals surface area (Å²) in [5, 5.41) is 7.89. The molecule has 1 heterocycles. The van der Waals surface area contributed by atoms with Gasteiger partial charge in [0.1, 0.15) is 0 Å². The Labute approximate surface area is 135 Å². The highest BCUT2D eigenvalue weighted by Gasteiger charge is 2.17. The predicted molar refractivity (Wildman–Crippen MR) is 88.4 cm³/mol. The van der Waals surface area contributed by atoms with E-state index in [9.17, 15) is 9.59 Å². The van der Waals surface area contributed by atoms with Gasteiger partial charge in [0.2, 0.25) is 5.91 Å². The number of hydrazone groups is 1. The van der Waals surface area contributed by atoms with Crippen LogP contribution in [0.4, 0.5) is 5.69 Å². The predicted octanol–water partition coefficient (Wildman–Crippen LogP) is 0.841. The van der Waals surface area contributed by atoms with E-state index in [1.54, 1.807) is 29.2 Å². The van der Waals surface area contributed by atoms with Crippen molar-refractivity contribution in [3.8, 4) is 0 Å². The third-order valence-corrected chi connectivity index (χ3v) is 3.48. The van der Waals surface area contributed by atoms with E-state index >= 15 is 0 Å². The lowest BCUT2D eigenvalue weighted by atomic mass is 10.2. The largest absolute Gasteiger partial charge is 0.378 e. The summed E-state index contributed by atoms with van der Waals surface area (Å²) >= 11 is 0. The van der Waals surface area contributed by atoms with Gasteiger partial charge >= 0.3 is 0 Å². The van der Waals surface area contributed by atoms with Crippen molar-refractivity contribution in [1.29, 1.82) is 0 Å². The third kappa shape index (κ3) is 4.40. The van der Waals surface area contributed by atoms with Gasteiger partial charge in [-0.3, -0.25) is 9.59 Å². The van der Waals surface area contributed by atoms with E-state index < -0.39 is 0 Å². The van der Waals surface area contributed by atoms with Crippen molar-refractivity contribution >= 4 is 24.2 Å². The topological polar surface area (TPSA) is 74.2 Å². The smallest absolute Gasteiger partial charge is 0.251 e. The van der Waals surface area contributed by atoms with Crippen LogP contribution in [0, 0.1) is 0 Å². The average molecular weight is 316 g/mol. The van der Waals surface area contributed by atoms with E-state index in [-0.39, 0.29) is 18.4 Å². The van der Waals surface area contributed by atoms with Gasteiger partial charge in [0.25, 0.3) is 5.91 Å². The van der Waals surface area contributed by atoms with Crippen LogP contribution in [0.3, 0.4) is 0 Å². The highest BCUT2D eigenvalue weighted by molar-refractivity contribution is 5.96. The van der Waals surface area contributed by atoms with Crippen molar-refractivity contribution in [3.05, 3.63) is 42.6 Å². The number of hydrogen-bond donors (Lipinski definition) is 1. The van der Waals surface area contributed by atoms with Crippen molar-refractivity contribution in [2.45, 2.75) is 0 Å². The van der Waals surface area contributed by atoms with Gasteiger partial charge in [0.15, 0.2) is 0 Å². The highest BCUT2D eigenvalue weighted by atomic mass is 16.5. The van der Waals surface area contributed by atoms with Gasteiger partial charge in [-0.05, 0) is 24.3 Å². The van der Waals surface area contributed by atoms with Crippen LogP contribution < -0.4 is 10.3 Å². The van der Waals surface area contributed by atoms with Crippen LogP contribution >= 0.6 is 0 Å². The second-order valence-electron chi connectivity index (χ2n) is 4.89. The second-order valence-corrected chi connectivity index (χ2v) is 4.89. The summed E-state index contributed by atoms with van der Waals surface area (Å²) in [7, 11) is 0. The molecule has 7 heteroatoms. The molecule has 1 aromatic carbocycles. The Hall–Kier alpha value is -2.67. The molecule has 1 saturated heterocycles. The number of rotatable bonds is 6. The minimum atomic E-state index is -0.296. The van der Waals surface area contributed by atoms with Crippen molar-refractivity contribution in [2.75, 3.05) is 37.9 Å².